The summed E-state index contributed by atoms with van der Waals surface area (Å²) in [5.74, 6) is 0.936. The molecule has 0 amide bonds. The lowest BCUT2D eigenvalue weighted by Crippen LogP contribution is -2.48. The molecule has 2 atom stereocenters. The number of fused-ring (bicyclic) bond motifs is 1. The summed E-state index contributed by atoms with van der Waals surface area (Å²) in [7, 11) is 0. The first-order valence-electron chi connectivity index (χ1n) is 9.21. The second kappa shape index (κ2) is 7.07. The molecule has 8 heteroatoms. The van der Waals surface area contributed by atoms with Crippen molar-refractivity contribution in [3.8, 4) is 0 Å². The zero-order chi connectivity index (χ0) is 19.0. The molecule has 0 spiro atoms. The van der Waals surface area contributed by atoms with Gasteiger partial charge in [-0.2, -0.15) is 13.2 Å². The Hall–Kier alpha value is -2.22. The van der Waals surface area contributed by atoms with Crippen LogP contribution in [0, 0.1) is 12.8 Å². The first-order valence-corrected chi connectivity index (χ1v) is 9.21. The van der Waals surface area contributed by atoms with Gasteiger partial charge in [0.25, 0.3) is 0 Å². The maximum Gasteiger partial charge on any atom is 0.433 e. The van der Waals surface area contributed by atoms with Crippen LogP contribution in [-0.2, 0) is 12.7 Å². The number of rotatable bonds is 3. The van der Waals surface area contributed by atoms with E-state index >= 15 is 0 Å². The molecule has 5 nitrogen and oxygen atoms in total. The Morgan fingerprint density at radius 3 is 2.74 bits per heavy atom. The maximum atomic E-state index is 13.0. The number of alkyl halides is 3. The van der Waals surface area contributed by atoms with Crippen LogP contribution in [0.3, 0.4) is 0 Å². The van der Waals surface area contributed by atoms with Crippen LogP contribution in [0.1, 0.15) is 29.9 Å². The summed E-state index contributed by atoms with van der Waals surface area (Å²) in [4.78, 5) is 16.4. The Labute approximate surface area is 156 Å². The minimum Gasteiger partial charge on any atom is -0.355 e. The van der Waals surface area contributed by atoms with E-state index in [0.29, 0.717) is 24.3 Å². The lowest BCUT2D eigenvalue weighted by molar-refractivity contribution is -0.141. The van der Waals surface area contributed by atoms with E-state index in [4.69, 9.17) is 0 Å². The van der Waals surface area contributed by atoms with Crippen molar-refractivity contribution in [2.75, 3.05) is 24.5 Å². The summed E-state index contributed by atoms with van der Waals surface area (Å²) >= 11 is 0. The normalized spacial score (nSPS) is 23.5. The van der Waals surface area contributed by atoms with Gasteiger partial charge in [-0.05, 0) is 44.4 Å². The fourth-order valence-corrected chi connectivity index (χ4v) is 4.20. The zero-order valence-corrected chi connectivity index (χ0v) is 15.2. The standard InChI is InChI=1S/C19H22F3N5/c1-13-3-2-4-15(25-13)10-26-7-5-14-6-8-27(11-16(14)26)18-9-17(19(20,21)22)23-12-24-18/h2-4,9,12,14,16H,5-8,10-11H2,1H3. The molecule has 4 rings (SSSR count). The van der Waals surface area contributed by atoms with Gasteiger partial charge in [-0.3, -0.25) is 9.88 Å². The van der Waals surface area contributed by atoms with Crippen molar-refractivity contribution >= 4 is 5.82 Å². The van der Waals surface area contributed by atoms with Crippen LogP contribution >= 0.6 is 0 Å². The van der Waals surface area contributed by atoms with Crippen molar-refractivity contribution in [1.82, 2.24) is 19.9 Å². The van der Waals surface area contributed by atoms with Gasteiger partial charge in [0.15, 0.2) is 0 Å². The van der Waals surface area contributed by atoms with Crippen LogP contribution in [0.4, 0.5) is 19.0 Å². The van der Waals surface area contributed by atoms with Crippen LogP contribution < -0.4 is 4.90 Å². The molecular formula is C19H22F3N5. The SMILES string of the molecule is Cc1cccc(CN2CCC3CCN(c4cc(C(F)(F)F)ncn4)CC32)n1. The second-order valence-electron chi connectivity index (χ2n) is 7.35. The van der Waals surface area contributed by atoms with Crippen LogP contribution in [0.2, 0.25) is 0 Å². The smallest absolute Gasteiger partial charge is 0.355 e. The molecule has 2 aromatic heterocycles. The molecule has 2 aliphatic rings. The van der Waals surface area contributed by atoms with Gasteiger partial charge in [0, 0.05) is 37.4 Å². The molecule has 0 saturated carbocycles. The highest BCUT2D eigenvalue weighted by Gasteiger charge is 2.39. The molecular weight excluding hydrogens is 355 g/mol. The quantitative estimate of drug-likeness (QED) is 0.821. The molecule has 0 bridgehead atoms. The van der Waals surface area contributed by atoms with Gasteiger partial charge in [0.2, 0.25) is 0 Å². The Bertz CT molecular complexity index is 810. The number of anilines is 1. The molecule has 0 aliphatic carbocycles. The van der Waals surface area contributed by atoms with E-state index in [1.807, 2.05) is 30.0 Å². The minimum atomic E-state index is -4.45. The number of aryl methyl sites for hydroxylation is 1. The van der Waals surface area contributed by atoms with Gasteiger partial charge < -0.3 is 4.90 Å². The molecule has 0 N–H and O–H groups in total. The highest BCUT2D eigenvalue weighted by molar-refractivity contribution is 5.40. The topological polar surface area (TPSA) is 45.2 Å². The lowest BCUT2D eigenvalue weighted by atomic mass is 9.92. The third kappa shape index (κ3) is 3.90. The van der Waals surface area contributed by atoms with E-state index in [-0.39, 0.29) is 0 Å². The van der Waals surface area contributed by atoms with Crippen molar-refractivity contribution in [3.05, 3.63) is 47.7 Å². The van der Waals surface area contributed by atoms with Crippen LogP contribution in [-0.4, -0.2) is 45.5 Å². The van der Waals surface area contributed by atoms with Crippen molar-refractivity contribution in [3.63, 3.8) is 0 Å². The van der Waals surface area contributed by atoms with Crippen molar-refractivity contribution in [2.24, 2.45) is 5.92 Å². The Balaban J connectivity index is 1.50. The fourth-order valence-electron chi connectivity index (χ4n) is 4.20. The van der Waals surface area contributed by atoms with E-state index in [9.17, 15) is 13.2 Å². The van der Waals surface area contributed by atoms with E-state index in [1.54, 1.807) is 0 Å². The molecule has 2 aliphatic heterocycles. The monoisotopic (exact) mass is 377 g/mol. The molecule has 2 fully saturated rings. The van der Waals surface area contributed by atoms with Crippen molar-refractivity contribution in [1.29, 1.82) is 0 Å². The fraction of sp³-hybridized carbons (Fsp3) is 0.526. The highest BCUT2D eigenvalue weighted by atomic mass is 19.4. The predicted molar refractivity (Wildman–Crippen MR) is 95.1 cm³/mol. The number of nitrogens with zero attached hydrogens (tertiary/aromatic N) is 5. The van der Waals surface area contributed by atoms with Gasteiger partial charge in [0.1, 0.15) is 17.8 Å². The first kappa shape index (κ1) is 18.2. The summed E-state index contributed by atoms with van der Waals surface area (Å²) in [5, 5.41) is 0. The average Bonchev–Trinajstić information content (AvgIpc) is 3.03. The predicted octanol–water partition coefficient (Wildman–Crippen LogP) is 3.30. The summed E-state index contributed by atoms with van der Waals surface area (Å²) in [6.45, 7) is 5.16. The third-order valence-electron chi connectivity index (χ3n) is 5.56. The Morgan fingerprint density at radius 1 is 1.15 bits per heavy atom. The number of hydrogen-bond donors (Lipinski definition) is 0. The largest absolute Gasteiger partial charge is 0.433 e. The lowest BCUT2D eigenvalue weighted by Gasteiger charge is -2.39. The summed E-state index contributed by atoms with van der Waals surface area (Å²) < 4.78 is 38.9. The number of halogens is 3. The molecule has 2 aromatic rings. The van der Waals surface area contributed by atoms with Crippen molar-refractivity contribution < 1.29 is 13.2 Å². The molecule has 2 unspecified atom stereocenters. The molecule has 0 radical (unpaired) electrons. The summed E-state index contributed by atoms with van der Waals surface area (Å²) in [6.07, 6.45) is -1.35. The Morgan fingerprint density at radius 2 is 1.96 bits per heavy atom. The molecule has 27 heavy (non-hydrogen) atoms. The molecule has 0 aromatic carbocycles. The van der Waals surface area contributed by atoms with Gasteiger partial charge in [0.05, 0.1) is 5.69 Å². The van der Waals surface area contributed by atoms with Gasteiger partial charge >= 0.3 is 6.18 Å². The number of pyridine rings is 1. The minimum absolute atomic E-state index is 0.311. The first-order chi connectivity index (χ1) is 12.9. The zero-order valence-electron chi connectivity index (χ0n) is 15.2. The Kier molecular flexibility index (Phi) is 4.75. The molecule has 4 heterocycles. The van der Waals surface area contributed by atoms with Crippen LogP contribution in [0.25, 0.3) is 0 Å². The molecule has 144 valence electrons. The van der Waals surface area contributed by atoms with Crippen LogP contribution in [0.5, 0.6) is 0 Å². The van der Waals surface area contributed by atoms with Gasteiger partial charge in [-0.25, -0.2) is 9.97 Å². The van der Waals surface area contributed by atoms with E-state index in [1.165, 1.54) is 0 Å². The van der Waals surface area contributed by atoms with E-state index in [2.05, 4.69) is 19.9 Å². The number of likely N-dealkylation sites (tertiary alicyclic amines) is 1. The summed E-state index contributed by atoms with van der Waals surface area (Å²) in [6, 6.07) is 7.39. The number of aromatic nitrogens is 3. The average molecular weight is 377 g/mol. The molecule has 2 saturated heterocycles. The van der Waals surface area contributed by atoms with E-state index < -0.39 is 11.9 Å². The number of piperidine rings is 1. The number of hydrogen-bond acceptors (Lipinski definition) is 5. The van der Waals surface area contributed by atoms with Gasteiger partial charge in [-0.1, -0.05) is 6.07 Å². The van der Waals surface area contributed by atoms with Gasteiger partial charge in [-0.15, -0.1) is 0 Å². The van der Waals surface area contributed by atoms with Crippen molar-refractivity contribution in [2.45, 2.75) is 38.5 Å². The second-order valence-corrected chi connectivity index (χ2v) is 7.35. The third-order valence-corrected chi connectivity index (χ3v) is 5.56. The van der Waals surface area contributed by atoms with Crippen LogP contribution in [0.15, 0.2) is 30.6 Å². The van der Waals surface area contributed by atoms with E-state index in [0.717, 1.165) is 56.3 Å². The highest BCUT2D eigenvalue weighted by Crippen LogP contribution is 2.35. The summed E-state index contributed by atoms with van der Waals surface area (Å²) in [5.41, 5.74) is 1.14. The maximum absolute atomic E-state index is 13.0.